The monoisotopic (exact) mass is 778 g/mol. The summed E-state index contributed by atoms with van der Waals surface area (Å²) >= 11 is 0. The third-order valence-electron chi connectivity index (χ3n) is 10.2. The molecule has 3 aliphatic rings. The zero-order valence-corrected chi connectivity index (χ0v) is 28.5. The van der Waals surface area contributed by atoms with Gasteiger partial charge in [0.1, 0.15) is 11.9 Å². The fourth-order valence-electron chi connectivity index (χ4n) is 7.26. The topological polar surface area (TPSA) is 42.3 Å². The number of imidazole rings is 1. The van der Waals surface area contributed by atoms with E-state index in [1.54, 1.807) is 9.13 Å². The Labute approximate surface area is 282 Å². The van der Waals surface area contributed by atoms with Crippen molar-refractivity contribution < 1.29 is 24.8 Å². The van der Waals surface area contributed by atoms with Crippen LogP contribution in [-0.2, 0) is 25.5 Å². The van der Waals surface area contributed by atoms with Crippen molar-refractivity contribution in [2.24, 2.45) is 10.5 Å². The summed E-state index contributed by atoms with van der Waals surface area (Å²) in [6, 6.07) is 44.8. The van der Waals surface area contributed by atoms with Crippen molar-refractivity contribution in [3.05, 3.63) is 161 Å². The van der Waals surface area contributed by atoms with Crippen LogP contribution in [0.3, 0.4) is 0 Å². The summed E-state index contributed by atoms with van der Waals surface area (Å²) in [4.78, 5) is 13.0. The summed E-state index contributed by atoms with van der Waals surface area (Å²) in [5.74, 6) is 0. The maximum Gasteiger partial charge on any atom is 0.336 e. The number of para-hydroxylation sites is 5. The first-order valence-corrected chi connectivity index (χ1v) is 15.4. The van der Waals surface area contributed by atoms with Crippen LogP contribution in [0.5, 0.6) is 0 Å². The molecule has 0 saturated carbocycles. The van der Waals surface area contributed by atoms with E-state index in [-0.39, 0.29) is 42.7 Å². The Hall–Kier alpha value is -4.64. The van der Waals surface area contributed by atoms with Crippen LogP contribution in [0, 0.1) is 17.5 Å². The molecule has 5 nitrogen and oxygen atoms in total. The van der Waals surface area contributed by atoms with Gasteiger partial charge in [-0.2, -0.15) is 42.5 Å². The normalized spacial score (nSPS) is 17.4. The summed E-state index contributed by atoms with van der Waals surface area (Å²) in [7, 11) is 0. The van der Waals surface area contributed by atoms with E-state index in [1.807, 2.05) is 84.9 Å². The Bertz CT molecular complexity index is 2160. The van der Waals surface area contributed by atoms with Crippen LogP contribution in [-0.4, -0.2) is 13.8 Å². The van der Waals surface area contributed by atoms with Crippen molar-refractivity contribution >= 4 is 16.7 Å². The summed E-state index contributed by atoms with van der Waals surface area (Å²) < 4.78 is 5.60. The number of aromatic nitrogens is 2. The molecule has 6 aromatic rings. The van der Waals surface area contributed by atoms with Gasteiger partial charge in [0.2, 0.25) is 6.04 Å². The molecular formula is C40H33IrN4O-. The number of rotatable bonds is 2. The van der Waals surface area contributed by atoms with E-state index in [1.165, 1.54) is 27.8 Å². The zero-order chi connectivity index (χ0) is 30.9. The van der Waals surface area contributed by atoms with E-state index in [2.05, 4.69) is 81.1 Å². The van der Waals surface area contributed by atoms with Crippen molar-refractivity contribution in [2.45, 2.75) is 39.2 Å². The van der Waals surface area contributed by atoms with E-state index < -0.39 is 0 Å². The number of azo groups is 2. The summed E-state index contributed by atoms with van der Waals surface area (Å²) in [6.45, 7) is 9.46. The molecule has 0 bridgehead atoms. The van der Waals surface area contributed by atoms with Crippen LogP contribution in [0.2, 0.25) is 0 Å². The number of benzene rings is 5. The third-order valence-corrected chi connectivity index (χ3v) is 10.2. The molecule has 5 aromatic carbocycles. The standard InChI is InChI=1S/C21H20N2.C19H13N2O.Ir/c1-20(2)15-10-7-9-14-13-8-5-6-11-17(13)23-19(18(14)15)16(12-22-23)21(20,3)4;22-19-20(15-9-3-1-4-10-15)17-13-7-8-14-18(17)21(19)16-11-5-2-6-12-16;/h5-10,12,19H,1-4H3;1-11,13-14H;/q;-1;. The summed E-state index contributed by atoms with van der Waals surface area (Å²) in [5, 5.41) is 4.78. The van der Waals surface area contributed by atoms with Gasteiger partial charge in [-0.25, -0.2) is 4.79 Å². The molecule has 9 rings (SSSR count). The molecule has 0 spiro atoms. The molecule has 1 aliphatic carbocycles. The third kappa shape index (κ3) is 4.20. The fourth-order valence-corrected chi connectivity index (χ4v) is 7.26. The van der Waals surface area contributed by atoms with Gasteiger partial charge in [0.05, 0.1) is 16.7 Å². The zero-order valence-electron chi connectivity index (χ0n) is 26.2. The van der Waals surface area contributed by atoms with Crippen LogP contribution in [0.15, 0.2) is 137 Å². The number of hydrogen-bond donors (Lipinski definition) is 0. The Balaban J connectivity index is 0.000000144. The van der Waals surface area contributed by atoms with Crippen molar-refractivity contribution in [2.75, 3.05) is 0 Å². The molecule has 0 fully saturated rings. The van der Waals surface area contributed by atoms with Crippen molar-refractivity contribution in [1.82, 2.24) is 9.13 Å². The minimum Gasteiger partial charge on any atom is -0.284 e. The molecule has 2 aliphatic heterocycles. The number of fused-ring (bicyclic) bond motifs is 4. The van der Waals surface area contributed by atoms with Gasteiger partial charge in [-0.15, -0.1) is 12.1 Å². The smallest absolute Gasteiger partial charge is 0.284 e. The minimum atomic E-state index is -0.0881. The molecule has 1 atom stereocenters. The van der Waals surface area contributed by atoms with Gasteiger partial charge < -0.3 is 0 Å². The average molecular weight is 778 g/mol. The molecule has 6 heteroatoms. The van der Waals surface area contributed by atoms with Crippen LogP contribution >= 0.6 is 0 Å². The summed E-state index contributed by atoms with van der Waals surface area (Å²) in [5.41, 5.74) is 11.4. The van der Waals surface area contributed by atoms with Crippen molar-refractivity contribution in [3.63, 3.8) is 0 Å². The number of nitrogens with zero attached hydrogens (tertiary/aromatic N) is 4. The largest absolute Gasteiger partial charge is 0.336 e. The first kappa shape index (κ1) is 30.0. The maximum absolute atomic E-state index is 13.0. The van der Waals surface area contributed by atoms with Crippen LogP contribution < -0.4 is 5.69 Å². The van der Waals surface area contributed by atoms with E-state index in [0.717, 1.165) is 28.1 Å². The van der Waals surface area contributed by atoms with E-state index in [0.29, 0.717) is 0 Å². The maximum atomic E-state index is 13.0. The SMILES string of the molecule is CC1(C)C2=CN=[N+]3c4[c-]cccc4-c4cccc(c4C23)C1(C)C.O=c1n(-c2[c-]cccc2)c2ccccc2n1-c1ccccc1.[Ir]. The summed E-state index contributed by atoms with van der Waals surface area (Å²) in [6.07, 6.45) is 2.10. The average Bonchev–Trinajstić information content (AvgIpc) is 3.65. The van der Waals surface area contributed by atoms with E-state index >= 15 is 0 Å². The molecular weight excluding hydrogens is 745 g/mol. The van der Waals surface area contributed by atoms with Crippen LogP contribution in [0.1, 0.15) is 44.9 Å². The van der Waals surface area contributed by atoms with Gasteiger partial charge in [-0.1, -0.05) is 97.7 Å². The van der Waals surface area contributed by atoms with Crippen molar-refractivity contribution in [3.8, 4) is 22.5 Å². The van der Waals surface area contributed by atoms with E-state index in [4.69, 9.17) is 5.11 Å². The van der Waals surface area contributed by atoms with Gasteiger partial charge in [0.15, 0.2) is 0 Å². The fraction of sp³-hybridized carbons (Fsp3) is 0.175. The van der Waals surface area contributed by atoms with Crippen LogP contribution in [0.4, 0.5) is 5.69 Å². The first-order chi connectivity index (χ1) is 21.8. The van der Waals surface area contributed by atoms with Crippen molar-refractivity contribution in [1.29, 1.82) is 0 Å². The van der Waals surface area contributed by atoms with Crippen LogP contribution in [0.25, 0.3) is 33.5 Å². The molecule has 3 heterocycles. The molecule has 1 unspecified atom stereocenters. The van der Waals surface area contributed by atoms with Gasteiger partial charge in [-0.3, -0.25) is 9.13 Å². The molecule has 1 aromatic heterocycles. The van der Waals surface area contributed by atoms with Gasteiger partial charge in [0, 0.05) is 36.7 Å². The molecule has 0 saturated heterocycles. The molecule has 46 heavy (non-hydrogen) atoms. The Morgan fingerprint density at radius 1 is 0.696 bits per heavy atom. The Morgan fingerprint density at radius 3 is 2.11 bits per heavy atom. The quantitative estimate of drug-likeness (QED) is 0.128. The minimum absolute atomic E-state index is 0. The second-order valence-corrected chi connectivity index (χ2v) is 12.9. The molecule has 229 valence electrons. The second-order valence-electron chi connectivity index (χ2n) is 12.9. The number of hydrogen-bond acceptors (Lipinski definition) is 2. The Kier molecular flexibility index (Phi) is 7.19. The predicted octanol–water partition coefficient (Wildman–Crippen LogP) is 9.10. The molecule has 0 amide bonds. The molecule has 0 N–H and O–H groups in total. The van der Waals surface area contributed by atoms with Gasteiger partial charge >= 0.3 is 5.69 Å². The van der Waals surface area contributed by atoms with E-state index in [9.17, 15) is 4.79 Å². The predicted molar refractivity (Wildman–Crippen MR) is 178 cm³/mol. The first-order valence-electron chi connectivity index (χ1n) is 15.4. The Morgan fingerprint density at radius 2 is 1.37 bits per heavy atom. The second kappa shape index (κ2) is 11.0. The molecule has 1 radical (unpaired) electrons. The van der Waals surface area contributed by atoms with Gasteiger partial charge in [-0.05, 0) is 40.4 Å². The van der Waals surface area contributed by atoms with Gasteiger partial charge in [0.25, 0.3) is 0 Å².